The predicted octanol–water partition coefficient (Wildman–Crippen LogP) is 5.49. The number of hydrogen-bond acceptors (Lipinski definition) is 6. The summed E-state index contributed by atoms with van der Waals surface area (Å²) in [4.78, 5) is 16.3. The van der Waals surface area contributed by atoms with Gasteiger partial charge in [-0.05, 0) is 71.8 Å². The van der Waals surface area contributed by atoms with E-state index in [1.165, 1.54) is 6.07 Å². The van der Waals surface area contributed by atoms with Crippen LogP contribution in [0.15, 0.2) is 55.0 Å². The standard InChI is InChI=1S/C29H33F3N6O2/c1-3-21-15-20(5-6-26(21)40-29(30,31)32)17-34-14-9-27(39)36-11-4-10-35-25-16-23(22-7-12-33-13-8-22)19(2)28-24(25)18-37-38-28/h5-8,12-13,15-16,18,34-35H,3-4,9-11,14,17H2,1-2H3,(H,36,39)(H,37,38). The average Bonchev–Trinajstić information content (AvgIpc) is 3.43. The number of carbonyl (C=O) groups is 1. The molecule has 1 amide bonds. The first kappa shape index (κ1) is 28.9. The van der Waals surface area contributed by atoms with Crippen molar-refractivity contribution < 1.29 is 22.7 Å². The fourth-order valence-corrected chi connectivity index (χ4v) is 4.52. The molecule has 4 rings (SSSR count). The quantitative estimate of drug-likeness (QED) is 0.163. The molecule has 40 heavy (non-hydrogen) atoms. The molecule has 0 atom stereocenters. The SMILES string of the molecule is CCc1cc(CNCCC(=O)NCCCNc2cc(-c3ccncc3)c(C)c3[nH]ncc23)ccc1OC(F)(F)F. The number of halogens is 3. The molecule has 212 valence electrons. The smallest absolute Gasteiger partial charge is 0.406 e. The third-order valence-electron chi connectivity index (χ3n) is 6.57. The van der Waals surface area contributed by atoms with Crippen LogP contribution in [0.2, 0.25) is 0 Å². The molecule has 0 radical (unpaired) electrons. The van der Waals surface area contributed by atoms with E-state index in [0.717, 1.165) is 45.3 Å². The highest BCUT2D eigenvalue weighted by Crippen LogP contribution is 2.34. The Labute approximate surface area is 230 Å². The zero-order valence-corrected chi connectivity index (χ0v) is 22.5. The molecule has 0 aliphatic rings. The summed E-state index contributed by atoms with van der Waals surface area (Å²) < 4.78 is 41.7. The molecule has 0 saturated heterocycles. The van der Waals surface area contributed by atoms with Gasteiger partial charge in [-0.3, -0.25) is 14.9 Å². The summed E-state index contributed by atoms with van der Waals surface area (Å²) in [6, 6.07) is 10.7. The van der Waals surface area contributed by atoms with Crippen molar-refractivity contribution in [1.29, 1.82) is 0 Å². The molecule has 0 fully saturated rings. The topological polar surface area (TPSA) is 104 Å². The molecule has 0 aliphatic carbocycles. The Balaban J connectivity index is 1.18. The lowest BCUT2D eigenvalue weighted by atomic mass is 9.98. The molecular formula is C29H33F3N6O2. The zero-order chi connectivity index (χ0) is 28.5. The van der Waals surface area contributed by atoms with Crippen LogP contribution >= 0.6 is 0 Å². The number of carbonyl (C=O) groups excluding carboxylic acids is 1. The van der Waals surface area contributed by atoms with Crippen LogP contribution < -0.4 is 20.7 Å². The monoisotopic (exact) mass is 554 g/mol. The Kier molecular flexibility index (Phi) is 9.60. The third kappa shape index (κ3) is 7.72. The number of pyridine rings is 1. The number of anilines is 1. The summed E-state index contributed by atoms with van der Waals surface area (Å²) in [7, 11) is 0. The minimum absolute atomic E-state index is 0.0665. The van der Waals surface area contributed by atoms with E-state index in [4.69, 9.17) is 0 Å². The number of benzene rings is 2. The van der Waals surface area contributed by atoms with E-state index in [-0.39, 0.29) is 11.7 Å². The Bertz CT molecular complexity index is 1420. The van der Waals surface area contributed by atoms with Crippen molar-refractivity contribution in [2.45, 2.75) is 46.0 Å². The summed E-state index contributed by atoms with van der Waals surface area (Å²) in [6.07, 6.45) is 2.09. The van der Waals surface area contributed by atoms with Gasteiger partial charge in [-0.2, -0.15) is 5.10 Å². The lowest BCUT2D eigenvalue weighted by Gasteiger charge is -2.14. The van der Waals surface area contributed by atoms with Gasteiger partial charge in [0.05, 0.1) is 11.7 Å². The van der Waals surface area contributed by atoms with Crippen LogP contribution in [0, 0.1) is 6.92 Å². The summed E-state index contributed by atoms with van der Waals surface area (Å²) in [5.41, 5.74) is 6.55. The molecule has 0 spiro atoms. The second kappa shape index (κ2) is 13.3. The fourth-order valence-electron chi connectivity index (χ4n) is 4.52. The average molecular weight is 555 g/mol. The van der Waals surface area contributed by atoms with Gasteiger partial charge in [-0.15, -0.1) is 13.2 Å². The van der Waals surface area contributed by atoms with E-state index in [2.05, 4.69) is 48.9 Å². The summed E-state index contributed by atoms with van der Waals surface area (Å²) in [5.74, 6) is -0.249. The van der Waals surface area contributed by atoms with Crippen LogP contribution in [0.5, 0.6) is 5.75 Å². The van der Waals surface area contributed by atoms with E-state index in [1.54, 1.807) is 31.5 Å². The number of nitrogens with one attached hydrogen (secondary N) is 4. The summed E-state index contributed by atoms with van der Waals surface area (Å²) >= 11 is 0. The lowest BCUT2D eigenvalue weighted by molar-refractivity contribution is -0.274. The number of aryl methyl sites for hydroxylation is 2. The highest BCUT2D eigenvalue weighted by atomic mass is 19.4. The molecule has 2 heterocycles. The summed E-state index contributed by atoms with van der Waals surface area (Å²) in [6.45, 7) is 5.93. The Morgan fingerprint density at radius 2 is 1.88 bits per heavy atom. The zero-order valence-electron chi connectivity index (χ0n) is 22.5. The Hall–Kier alpha value is -4.12. The number of aromatic nitrogens is 3. The van der Waals surface area contributed by atoms with Crippen LogP contribution in [-0.4, -0.2) is 47.1 Å². The van der Waals surface area contributed by atoms with Gasteiger partial charge in [-0.1, -0.05) is 19.1 Å². The number of H-pyrrole nitrogens is 1. The maximum absolute atomic E-state index is 12.5. The molecule has 4 N–H and O–H groups in total. The number of fused-ring (bicyclic) bond motifs is 1. The van der Waals surface area contributed by atoms with Crippen LogP contribution in [0.25, 0.3) is 22.0 Å². The maximum atomic E-state index is 12.5. The number of hydrogen-bond donors (Lipinski definition) is 4. The molecule has 0 aliphatic heterocycles. The van der Waals surface area contributed by atoms with Crippen molar-refractivity contribution in [2.75, 3.05) is 25.0 Å². The third-order valence-corrected chi connectivity index (χ3v) is 6.57. The van der Waals surface area contributed by atoms with Gasteiger partial charge in [0.25, 0.3) is 0 Å². The van der Waals surface area contributed by atoms with Crippen LogP contribution in [0.3, 0.4) is 0 Å². The highest BCUT2D eigenvalue weighted by molar-refractivity contribution is 5.98. The highest BCUT2D eigenvalue weighted by Gasteiger charge is 2.31. The number of ether oxygens (including phenoxy) is 1. The molecule has 11 heteroatoms. The molecule has 0 saturated carbocycles. The normalized spacial score (nSPS) is 11.5. The number of nitrogens with zero attached hydrogens (tertiary/aromatic N) is 2. The van der Waals surface area contributed by atoms with Gasteiger partial charge in [-0.25, -0.2) is 0 Å². The van der Waals surface area contributed by atoms with Crippen molar-refractivity contribution in [3.8, 4) is 16.9 Å². The van der Waals surface area contributed by atoms with Gasteiger partial charge in [0.1, 0.15) is 5.75 Å². The van der Waals surface area contributed by atoms with Gasteiger partial charge in [0.15, 0.2) is 0 Å². The number of aromatic amines is 1. The molecule has 0 unspecified atom stereocenters. The van der Waals surface area contributed by atoms with Crippen LogP contribution in [-0.2, 0) is 17.8 Å². The Morgan fingerprint density at radius 1 is 1.07 bits per heavy atom. The van der Waals surface area contributed by atoms with Crippen molar-refractivity contribution in [2.24, 2.45) is 0 Å². The lowest BCUT2D eigenvalue weighted by Crippen LogP contribution is -2.29. The van der Waals surface area contributed by atoms with E-state index < -0.39 is 6.36 Å². The summed E-state index contributed by atoms with van der Waals surface area (Å²) in [5, 5.41) is 17.9. The van der Waals surface area contributed by atoms with Gasteiger partial charge < -0.3 is 20.7 Å². The van der Waals surface area contributed by atoms with Gasteiger partial charge in [0, 0.05) is 56.1 Å². The number of rotatable bonds is 13. The second-order valence-electron chi connectivity index (χ2n) is 9.39. The first-order valence-electron chi connectivity index (χ1n) is 13.2. The van der Waals surface area contributed by atoms with E-state index in [9.17, 15) is 18.0 Å². The largest absolute Gasteiger partial charge is 0.573 e. The van der Waals surface area contributed by atoms with E-state index in [1.807, 2.05) is 18.3 Å². The second-order valence-corrected chi connectivity index (χ2v) is 9.39. The van der Waals surface area contributed by atoms with Crippen LogP contribution in [0.4, 0.5) is 18.9 Å². The molecule has 4 aromatic rings. The van der Waals surface area contributed by atoms with Crippen molar-refractivity contribution in [3.05, 3.63) is 71.7 Å². The Morgan fingerprint density at radius 3 is 2.62 bits per heavy atom. The van der Waals surface area contributed by atoms with E-state index in [0.29, 0.717) is 44.6 Å². The molecular weight excluding hydrogens is 521 g/mol. The van der Waals surface area contributed by atoms with E-state index >= 15 is 0 Å². The fraction of sp³-hybridized carbons (Fsp3) is 0.345. The first-order chi connectivity index (χ1) is 19.2. The first-order valence-corrected chi connectivity index (χ1v) is 13.2. The molecule has 2 aromatic heterocycles. The number of alkyl halides is 3. The molecule has 2 aromatic carbocycles. The maximum Gasteiger partial charge on any atom is 0.573 e. The predicted molar refractivity (Wildman–Crippen MR) is 149 cm³/mol. The molecule has 0 bridgehead atoms. The van der Waals surface area contributed by atoms with Crippen molar-refractivity contribution >= 4 is 22.5 Å². The van der Waals surface area contributed by atoms with Crippen LogP contribution in [0.1, 0.15) is 36.5 Å². The number of amides is 1. The minimum Gasteiger partial charge on any atom is -0.406 e. The minimum atomic E-state index is -4.72. The molecule has 8 nitrogen and oxygen atoms in total. The van der Waals surface area contributed by atoms with Crippen molar-refractivity contribution in [1.82, 2.24) is 25.8 Å². The van der Waals surface area contributed by atoms with Crippen molar-refractivity contribution in [3.63, 3.8) is 0 Å². The van der Waals surface area contributed by atoms with Gasteiger partial charge >= 0.3 is 6.36 Å². The van der Waals surface area contributed by atoms with Gasteiger partial charge in [0.2, 0.25) is 5.91 Å².